The first kappa shape index (κ1) is 14.3. The van der Waals surface area contributed by atoms with Crippen molar-refractivity contribution in [2.24, 2.45) is 0 Å². The van der Waals surface area contributed by atoms with E-state index in [1.807, 2.05) is 13.0 Å². The number of hydrogen-bond acceptors (Lipinski definition) is 3. The average Bonchev–Trinajstić information content (AvgIpc) is 2.30. The Morgan fingerprint density at radius 3 is 2.06 bits per heavy atom. The number of aliphatic carboxylic acids is 1. The second kappa shape index (κ2) is 8.61. The van der Waals surface area contributed by atoms with Crippen molar-refractivity contribution in [1.29, 1.82) is 0 Å². The highest BCUT2D eigenvalue weighted by molar-refractivity contribution is 5.96. The van der Waals surface area contributed by atoms with E-state index in [0.717, 1.165) is 6.42 Å². The third kappa shape index (κ3) is 6.73. The van der Waals surface area contributed by atoms with Gasteiger partial charge in [-0.3, -0.25) is 9.59 Å². The Hall–Kier alpha value is -1.68. The van der Waals surface area contributed by atoms with Crippen LogP contribution in [0.3, 0.4) is 0 Å². The summed E-state index contributed by atoms with van der Waals surface area (Å²) in [4.78, 5) is 20.4. The topological polar surface area (TPSA) is 74.6 Å². The maximum Gasteiger partial charge on any atom is 0.303 e. The van der Waals surface area contributed by atoms with Gasteiger partial charge in [0.1, 0.15) is 6.61 Å². The summed E-state index contributed by atoms with van der Waals surface area (Å²) < 4.78 is 0. The van der Waals surface area contributed by atoms with Gasteiger partial charge in [0.25, 0.3) is 0 Å². The number of carboxylic acids is 1. The first-order chi connectivity index (χ1) is 7.61. The Morgan fingerprint density at radius 1 is 1.19 bits per heavy atom. The van der Waals surface area contributed by atoms with E-state index in [1.165, 1.54) is 0 Å². The Bertz CT molecular complexity index is 319. The molecule has 0 atom stereocenters. The minimum atomic E-state index is -0.711. The number of ketones is 1. The Labute approximate surface area is 94.5 Å². The predicted molar refractivity (Wildman–Crippen MR) is 60.4 cm³/mol. The summed E-state index contributed by atoms with van der Waals surface area (Å²) >= 11 is 0. The highest BCUT2D eigenvalue weighted by Crippen LogP contribution is 1.98. The van der Waals surface area contributed by atoms with E-state index in [2.05, 4.69) is 0 Å². The van der Waals surface area contributed by atoms with Crippen LogP contribution in [0.15, 0.2) is 30.3 Å². The lowest BCUT2D eigenvalue weighted by molar-refractivity contribution is -0.137. The maximum absolute atomic E-state index is 10.8. The summed E-state index contributed by atoms with van der Waals surface area (Å²) in [6, 6.07) is 8.72. The van der Waals surface area contributed by atoms with Gasteiger partial charge in [0, 0.05) is 12.0 Å². The van der Waals surface area contributed by atoms with Gasteiger partial charge in [-0.15, -0.1) is 0 Å². The number of aliphatic hydroxyl groups excluding tert-OH is 1. The fourth-order valence-corrected chi connectivity index (χ4v) is 0.929. The Morgan fingerprint density at radius 2 is 1.75 bits per heavy atom. The molecule has 0 saturated heterocycles. The van der Waals surface area contributed by atoms with Crippen molar-refractivity contribution in [3.63, 3.8) is 0 Å². The molecule has 0 bridgehead atoms. The number of carboxylic acid groups (broad SMARTS) is 1. The molecule has 0 saturated carbocycles. The normalized spacial score (nSPS) is 8.88. The molecule has 4 nitrogen and oxygen atoms in total. The van der Waals surface area contributed by atoms with Crippen LogP contribution in [-0.2, 0) is 4.79 Å². The van der Waals surface area contributed by atoms with Gasteiger partial charge in [-0.2, -0.15) is 0 Å². The van der Waals surface area contributed by atoms with Gasteiger partial charge in [0.2, 0.25) is 0 Å². The largest absolute Gasteiger partial charge is 0.481 e. The quantitative estimate of drug-likeness (QED) is 0.764. The van der Waals surface area contributed by atoms with Gasteiger partial charge >= 0.3 is 5.97 Å². The highest BCUT2D eigenvalue weighted by Gasteiger charge is 1.99. The molecule has 4 heteroatoms. The summed E-state index contributed by atoms with van der Waals surface area (Å²) in [6.45, 7) is 1.43. The fraction of sp³-hybridized carbons (Fsp3) is 0.333. The molecule has 0 spiro atoms. The second-order valence-electron chi connectivity index (χ2n) is 3.09. The van der Waals surface area contributed by atoms with E-state index in [0.29, 0.717) is 12.0 Å². The highest BCUT2D eigenvalue weighted by atomic mass is 16.4. The van der Waals surface area contributed by atoms with Crippen LogP contribution in [0.4, 0.5) is 0 Å². The number of hydrogen-bond donors (Lipinski definition) is 2. The molecule has 0 aliphatic heterocycles. The number of carbonyl (C=O) groups is 2. The lowest BCUT2D eigenvalue weighted by Crippen LogP contribution is -2.02. The number of aliphatic hydroxyl groups is 1. The van der Waals surface area contributed by atoms with Crippen LogP contribution in [0.2, 0.25) is 0 Å². The van der Waals surface area contributed by atoms with Crippen molar-refractivity contribution >= 4 is 11.8 Å². The van der Waals surface area contributed by atoms with E-state index < -0.39 is 12.6 Å². The van der Waals surface area contributed by atoms with Gasteiger partial charge in [-0.05, 0) is 6.42 Å². The van der Waals surface area contributed by atoms with Crippen LogP contribution in [-0.4, -0.2) is 28.6 Å². The summed E-state index contributed by atoms with van der Waals surface area (Å²) in [5.74, 6) is -0.946. The average molecular weight is 224 g/mol. The molecular weight excluding hydrogens is 208 g/mol. The van der Waals surface area contributed by atoms with Gasteiger partial charge in [0.15, 0.2) is 5.78 Å². The first-order valence-electron chi connectivity index (χ1n) is 5.02. The van der Waals surface area contributed by atoms with E-state index in [4.69, 9.17) is 10.2 Å². The van der Waals surface area contributed by atoms with Crippen LogP contribution in [0, 0.1) is 0 Å². The molecule has 0 aliphatic carbocycles. The molecular formula is C12H16O4. The zero-order valence-corrected chi connectivity index (χ0v) is 9.22. The van der Waals surface area contributed by atoms with Crippen LogP contribution < -0.4 is 0 Å². The number of benzene rings is 1. The summed E-state index contributed by atoms with van der Waals surface area (Å²) in [5.41, 5.74) is 0.560. The maximum atomic E-state index is 10.8. The minimum absolute atomic E-state index is 0.236. The van der Waals surface area contributed by atoms with Crippen LogP contribution >= 0.6 is 0 Å². The fourth-order valence-electron chi connectivity index (χ4n) is 0.929. The molecule has 16 heavy (non-hydrogen) atoms. The van der Waals surface area contributed by atoms with Crippen molar-refractivity contribution < 1.29 is 19.8 Å². The van der Waals surface area contributed by atoms with Gasteiger partial charge in [-0.25, -0.2) is 0 Å². The lowest BCUT2D eigenvalue weighted by Gasteiger charge is -1.93. The van der Waals surface area contributed by atoms with Crippen LogP contribution in [0.25, 0.3) is 0 Å². The van der Waals surface area contributed by atoms with E-state index in [1.54, 1.807) is 24.3 Å². The Kier molecular flexibility index (Phi) is 7.71. The molecule has 0 unspecified atom stereocenters. The van der Waals surface area contributed by atoms with Crippen molar-refractivity contribution in [3.8, 4) is 0 Å². The molecule has 0 heterocycles. The zero-order valence-electron chi connectivity index (χ0n) is 9.22. The zero-order chi connectivity index (χ0) is 12.4. The number of rotatable bonds is 4. The molecule has 0 aromatic heterocycles. The van der Waals surface area contributed by atoms with Crippen LogP contribution in [0.5, 0.6) is 0 Å². The van der Waals surface area contributed by atoms with E-state index in [-0.39, 0.29) is 5.78 Å². The first-order valence-corrected chi connectivity index (χ1v) is 5.02. The summed E-state index contributed by atoms with van der Waals surface area (Å²) in [7, 11) is 0. The molecule has 1 aromatic carbocycles. The lowest BCUT2D eigenvalue weighted by atomic mass is 10.1. The molecule has 1 rings (SSSR count). The van der Waals surface area contributed by atoms with E-state index >= 15 is 0 Å². The van der Waals surface area contributed by atoms with Crippen LogP contribution in [0.1, 0.15) is 30.1 Å². The smallest absolute Gasteiger partial charge is 0.303 e. The second-order valence-corrected chi connectivity index (χ2v) is 3.09. The molecule has 88 valence electrons. The molecule has 0 fully saturated rings. The summed E-state index contributed by atoms with van der Waals surface area (Å²) in [6.07, 6.45) is 1.02. The molecule has 0 radical (unpaired) electrons. The number of Topliss-reactive ketones (excluding diaryl/α,β-unsaturated/α-hetero) is 1. The van der Waals surface area contributed by atoms with E-state index in [9.17, 15) is 9.59 Å². The van der Waals surface area contributed by atoms with Gasteiger partial charge < -0.3 is 10.2 Å². The Balaban J connectivity index is 0.000000325. The van der Waals surface area contributed by atoms with Gasteiger partial charge in [-0.1, -0.05) is 37.3 Å². The van der Waals surface area contributed by atoms with Crippen molar-refractivity contribution in [3.05, 3.63) is 35.9 Å². The third-order valence-electron chi connectivity index (χ3n) is 1.70. The minimum Gasteiger partial charge on any atom is -0.481 e. The molecule has 0 aliphatic rings. The molecule has 2 N–H and O–H groups in total. The van der Waals surface area contributed by atoms with Crippen molar-refractivity contribution in [1.82, 2.24) is 0 Å². The van der Waals surface area contributed by atoms with Crippen molar-refractivity contribution in [2.45, 2.75) is 19.8 Å². The predicted octanol–water partition coefficient (Wildman–Crippen LogP) is 1.73. The summed E-state index contributed by atoms with van der Waals surface area (Å²) in [5, 5.41) is 16.4. The number of carbonyl (C=O) groups excluding carboxylic acids is 1. The molecule has 1 aromatic rings. The monoisotopic (exact) mass is 224 g/mol. The van der Waals surface area contributed by atoms with Gasteiger partial charge in [0.05, 0.1) is 0 Å². The molecule has 0 amide bonds. The van der Waals surface area contributed by atoms with Crippen molar-refractivity contribution in [2.75, 3.05) is 6.61 Å². The standard InChI is InChI=1S/C8H8O2.C4H8O2/c9-6-8(10)7-4-2-1-3-5-7;1-2-3-4(5)6/h1-5,9H,6H2;2-3H2,1H3,(H,5,6). The third-order valence-corrected chi connectivity index (χ3v) is 1.70. The SMILES string of the molecule is CCCC(=O)O.O=C(CO)c1ccccc1.